The molecule has 0 saturated carbocycles. The predicted octanol–water partition coefficient (Wildman–Crippen LogP) is 1.91. The van der Waals surface area contributed by atoms with Crippen molar-refractivity contribution in [2.45, 2.75) is 13.5 Å². The van der Waals surface area contributed by atoms with Crippen LogP contribution in [0.5, 0.6) is 0 Å². The molecule has 0 bridgehead atoms. The largest absolute Gasteiger partial charge is 0.332 e. The fourth-order valence-corrected chi connectivity index (χ4v) is 4.02. The lowest BCUT2D eigenvalue weighted by molar-refractivity contribution is 0.0720. The zero-order valence-electron chi connectivity index (χ0n) is 16.5. The highest BCUT2D eigenvalue weighted by atomic mass is 32.1. The number of hydrogen-bond donors (Lipinski definition) is 1. The van der Waals surface area contributed by atoms with Crippen LogP contribution >= 0.6 is 11.3 Å². The zero-order valence-corrected chi connectivity index (χ0v) is 17.3. The van der Waals surface area contributed by atoms with Crippen molar-refractivity contribution < 1.29 is 13.6 Å². The molecular formula is C18H15F2N7O3S. The maximum absolute atomic E-state index is 13.1. The number of amides is 1. The van der Waals surface area contributed by atoms with Gasteiger partial charge in [-0.1, -0.05) is 11.3 Å². The second-order valence-corrected chi connectivity index (χ2v) is 7.62. The van der Waals surface area contributed by atoms with Gasteiger partial charge in [-0.2, -0.15) is 8.78 Å². The number of rotatable bonds is 4. The summed E-state index contributed by atoms with van der Waals surface area (Å²) in [4.78, 5) is 49.7. The Morgan fingerprint density at radius 1 is 1.19 bits per heavy atom. The van der Waals surface area contributed by atoms with Crippen molar-refractivity contribution in [1.29, 1.82) is 0 Å². The first-order valence-electron chi connectivity index (χ1n) is 8.85. The normalized spacial score (nSPS) is 11.4. The molecule has 4 aromatic rings. The van der Waals surface area contributed by atoms with E-state index in [0.717, 1.165) is 22.1 Å². The number of fused-ring (bicyclic) bond motifs is 1. The van der Waals surface area contributed by atoms with Crippen molar-refractivity contribution in [3.05, 3.63) is 56.8 Å². The van der Waals surface area contributed by atoms with Crippen molar-refractivity contribution in [2.24, 2.45) is 14.1 Å². The number of carbonyl (C=O) groups excluding carboxylic acids is 1. The number of aryl methyl sites for hydroxylation is 2. The average molecular weight is 447 g/mol. The third-order valence-electron chi connectivity index (χ3n) is 4.65. The molecule has 0 spiro atoms. The van der Waals surface area contributed by atoms with Crippen LogP contribution in [0.4, 0.5) is 13.9 Å². The van der Waals surface area contributed by atoms with Gasteiger partial charge in [0.25, 0.3) is 11.5 Å². The summed E-state index contributed by atoms with van der Waals surface area (Å²) >= 11 is 0.994. The van der Waals surface area contributed by atoms with Gasteiger partial charge in [-0.25, -0.2) is 19.7 Å². The molecule has 0 aliphatic heterocycles. The minimum absolute atomic E-state index is 0.0438. The van der Waals surface area contributed by atoms with Crippen molar-refractivity contribution in [3.8, 4) is 10.7 Å². The van der Waals surface area contributed by atoms with Crippen LogP contribution in [-0.4, -0.2) is 34.6 Å². The highest BCUT2D eigenvalue weighted by Gasteiger charge is 2.20. The van der Waals surface area contributed by atoms with E-state index in [1.807, 2.05) is 0 Å². The molecule has 31 heavy (non-hydrogen) atoms. The van der Waals surface area contributed by atoms with Crippen LogP contribution in [-0.2, 0) is 14.1 Å². The number of halogens is 2. The summed E-state index contributed by atoms with van der Waals surface area (Å²) in [7, 11) is 2.81. The van der Waals surface area contributed by atoms with E-state index in [4.69, 9.17) is 0 Å². The number of alkyl halides is 2. The quantitative estimate of drug-likeness (QED) is 0.511. The van der Waals surface area contributed by atoms with Gasteiger partial charge in [0.1, 0.15) is 5.65 Å². The molecule has 0 atom stereocenters. The van der Waals surface area contributed by atoms with E-state index < -0.39 is 23.7 Å². The van der Waals surface area contributed by atoms with Crippen molar-refractivity contribution >= 4 is 33.4 Å². The molecule has 1 amide bonds. The Kier molecular flexibility index (Phi) is 4.97. The monoisotopic (exact) mass is 447 g/mol. The van der Waals surface area contributed by atoms with Crippen molar-refractivity contribution in [3.63, 3.8) is 0 Å². The van der Waals surface area contributed by atoms with Crippen LogP contribution in [0.3, 0.4) is 0 Å². The number of carbonyl (C=O) groups is 1. The summed E-state index contributed by atoms with van der Waals surface area (Å²) in [5.41, 5.74) is -0.460. The molecule has 0 saturated heterocycles. The molecule has 13 heteroatoms. The smallest absolute Gasteiger partial charge is 0.298 e. The molecular weight excluding hydrogens is 432 g/mol. The van der Waals surface area contributed by atoms with Crippen molar-refractivity contribution in [1.82, 2.24) is 28.7 Å². The Balaban J connectivity index is 1.68. The maximum atomic E-state index is 13.1. The molecule has 0 aromatic carbocycles. The van der Waals surface area contributed by atoms with Gasteiger partial charge in [0.2, 0.25) is 0 Å². The van der Waals surface area contributed by atoms with Gasteiger partial charge >= 0.3 is 12.2 Å². The first kappa shape index (κ1) is 20.5. The topological polar surface area (TPSA) is 117 Å². The number of nitrogens with zero attached hydrogens (tertiary/aromatic N) is 6. The van der Waals surface area contributed by atoms with Crippen molar-refractivity contribution in [2.75, 3.05) is 5.32 Å². The second kappa shape index (κ2) is 7.50. The summed E-state index contributed by atoms with van der Waals surface area (Å²) in [5, 5.41) is 2.86. The van der Waals surface area contributed by atoms with Gasteiger partial charge in [-0.3, -0.25) is 28.6 Å². The number of thiazole rings is 1. The first-order valence-corrected chi connectivity index (χ1v) is 9.66. The SMILES string of the molecule is Cc1nc(NC(=O)c2cnc3c(c2)c(=O)n(C)c(=O)n3C)sc1-c1nccn1C(F)F. The molecule has 160 valence electrons. The number of nitrogens with one attached hydrogen (secondary N) is 1. The van der Waals surface area contributed by atoms with Gasteiger partial charge in [-0.05, 0) is 13.0 Å². The van der Waals surface area contributed by atoms with Gasteiger partial charge in [0, 0.05) is 32.7 Å². The van der Waals surface area contributed by atoms with Crippen LogP contribution < -0.4 is 16.6 Å². The molecule has 4 heterocycles. The molecule has 0 radical (unpaired) electrons. The number of hydrogen-bond acceptors (Lipinski definition) is 7. The molecule has 0 fully saturated rings. The van der Waals surface area contributed by atoms with E-state index in [-0.39, 0.29) is 27.6 Å². The Bertz CT molecular complexity index is 1450. The lowest BCUT2D eigenvalue weighted by Gasteiger charge is -2.08. The highest BCUT2D eigenvalue weighted by molar-refractivity contribution is 7.19. The zero-order chi connectivity index (χ0) is 22.4. The van der Waals surface area contributed by atoms with E-state index in [2.05, 4.69) is 20.3 Å². The van der Waals surface area contributed by atoms with E-state index in [0.29, 0.717) is 15.1 Å². The van der Waals surface area contributed by atoms with E-state index in [1.54, 1.807) is 6.92 Å². The molecule has 0 aliphatic carbocycles. The fraction of sp³-hybridized carbons (Fsp3) is 0.222. The first-order chi connectivity index (χ1) is 14.7. The molecule has 4 aromatic heterocycles. The number of pyridine rings is 1. The Morgan fingerprint density at radius 3 is 2.65 bits per heavy atom. The van der Waals surface area contributed by atoms with E-state index >= 15 is 0 Å². The highest BCUT2D eigenvalue weighted by Crippen LogP contribution is 2.33. The third-order valence-corrected chi connectivity index (χ3v) is 5.72. The number of imidazole rings is 1. The lowest BCUT2D eigenvalue weighted by atomic mass is 10.2. The Morgan fingerprint density at radius 2 is 1.94 bits per heavy atom. The summed E-state index contributed by atoms with van der Waals surface area (Å²) < 4.78 is 29.1. The van der Waals surface area contributed by atoms with Crippen LogP contribution in [0.1, 0.15) is 22.6 Å². The van der Waals surface area contributed by atoms with Crippen LogP contribution in [0.15, 0.2) is 34.2 Å². The minimum atomic E-state index is -2.76. The standard InChI is InChI=1S/C18H15F2N7O3S/c1-8-11(13-21-4-5-27(13)16(19)20)31-17(23-8)24-14(28)9-6-10-12(22-7-9)25(2)18(30)26(3)15(10)29/h4-7,16H,1-3H3,(H,23,24,28). The molecule has 0 unspecified atom stereocenters. The maximum Gasteiger partial charge on any atom is 0.332 e. The fourth-order valence-electron chi connectivity index (χ4n) is 3.06. The van der Waals surface area contributed by atoms with Gasteiger partial charge in [0.05, 0.1) is 21.5 Å². The number of aromatic nitrogens is 6. The minimum Gasteiger partial charge on any atom is -0.298 e. The van der Waals surface area contributed by atoms with Crippen LogP contribution in [0, 0.1) is 6.92 Å². The summed E-state index contributed by atoms with van der Waals surface area (Å²) in [6.07, 6.45) is 3.65. The van der Waals surface area contributed by atoms with Gasteiger partial charge in [0.15, 0.2) is 11.0 Å². The Labute approximate surface area is 176 Å². The second-order valence-electron chi connectivity index (χ2n) is 6.62. The molecule has 10 nitrogen and oxygen atoms in total. The van der Waals surface area contributed by atoms with Gasteiger partial charge < -0.3 is 0 Å². The predicted molar refractivity (Wildman–Crippen MR) is 110 cm³/mol. The third kappa shape index (κ3) is 3.42. The summed E-state index contributed by atoms with van der Waals surface area (Å²) in [5.74, 6) is -0.551. The summed E-state index contributed by atoms with van der Waals surface area (Å²) in [6, 6.07) is 1.34. The number of anilines is 1. The van der Waals surface area contributed by atoms with Crippen LogP contribution in [0.25, 0.3) is 21.7 Å². The molecule has 0 aliphatic rings. The average Bonchev–Trinajstić information content (AvgIpc) is 3.36. The van der Waals surface area contributed by atoms with E-state index in [1.165, 1.54) is 37.1 Å². The van der Waals surface area contributed by atoms with Gasteiger partial charge in [-0.15, -0.1) is 0 Å². The molecule has 4 rings (SSSR count). The molecule has 1 N–H and O–H groups in total. The Hall–Kier alpha value is -3.74. The lowest BCUT2D eigenvalue weighted by Crippen LogP contribution is -2.37. The van der Waals surface area contributed by atoms with E-state index in [9.17, 15) is 23.2 Å². The van der Waals surface area contributed by atoms with Crippen LogP contribution in [0.2, 0.25) is 0 Å². The summed E-state index contributed by atoms with van der Waals surface area (Å²) in [6.45, 7) is -1.15.